The Morgan fingerprint density at radius 2 is 1.81 bits per heavy atom. The SMILES string of the molecule is O=C(O)c1ccc(CN2C(=O)CCn3nc(-c4ccc(Cl)cc4)cc32)cc1. The molecule has 0 fully saturated rings. The first-order chi connectivity index (χ1) is 13.0. The van der Waals surface area contributed by atoms with Crippen molar-refractivity contribution in [1.82, 2.24) is 9.78 Å². The maximum atomic E-state index is 12.5. The Morgan fingerprint density at radius 1 is 1.11 bits per heavy atom. The van der Waals surface area contributed by atoms with Gasteiger partial charge in [-0.15, -0.1) is 0 Å². The molecule has 136 valence electrons. The predicted molar refractivity (Wildman–Crippen MR) is 102 cm³/mol. The van der Waals surface area contributed by atoms with E-state index in [0.717, 1.165) is 22.6 Å². The molecule has 0 bridgehead atoms. The average Bonchev–Trinajstić information content (AvgIpc) is 3.09. The second-order valence-electron chi connectivity index (χ2n) is 6.35. The molecule has 6 nitrogen and oxygen atoms in total. The first-order valence-corrected chi connectivity index (χ1v) is 8.85. The molecule has 1 aliphatic rings. The van der Waals surface area contributed by atoms with Crippen LogP contribution in [0.4, 0.5) is 5.82 Å². The fourth-order valence-electron chi connectivity index (χ4n) is 3.12. The molecule has 0 radical (unpaired) electrons. The smallest absolute Gasteiger partial charge is 0.335 e. The second kappa shape index (κ2) is 6.89. The van der Waals surface area contributed by atoms with Gasteiger partial charge in [-0.3, -0.25) is 9.69 Å². The minimum Gasteiger partial charge on any atom is -0.478 e. The molecule has 1 amide bonds. The summed E-state index contributed by atoms with van der Waals surface area (Å²) >= 11 is 5.95. The number of rotatable bonds is 4. The highest BCUT2D eigenvalue weighted by atomic mass is 35.5. The number of hydrogen-bond acceptors (Lipinski definition) is 3. The first kappa shape index (κ1) is 17.3. The van der Waals surface area contributed by atoms with Crippen LogP contribution in [-0.4, -0.2) is 26.8 Å². The fraction of sp³-hybridized carbons (Fsp3) is 0.150. The number of carbonyl (C=O) groups excluding carboxylic acids is 1. The van der Waals surface area contributed by atoms with Crippen molar-refractivity contribution in [1.29, 1.82) is 0 Å². The number of fused-ring (bicyclic) bond motifs is 1. The van der Waals surface area contributed by atoms with Gasteiger partial charge < -0.3 is 5.11 Å². The Labute approximate surface area is 160 Å². The highest BCUT2D eigenvalue weighted by molar-refractivity contribution is 6.30. The van der Waals surface area contributed by atoms with E-state index in [1.807, 2.05) is 35.0 Å². The Balaban J connectivity index is 1.64. The minimum atomic E-state index is -0.971. The molecular weight excluding hydrogens is 366 g/mol. The van der Waals surface area contributed by atoms with Crippen LogP contribution in [0.15, 0.2) is 54.6 Å². The highest BCUT2D eigenvalue weighted by Gasteiger charge is 2.26. The van der Waals surface area contributed by atoms with Gasteiger partial charge in [0.05, 0.1) is 24.3 Å². The zero-order chi connectivity index (χ0) is 19.0. The number of amides is 1. The summed E-state index contributed by atoms with van der Waals surface area (Å²) in [5.41, 5.74) is 2.79. The number of carboxylic acids is 1. The van der Waals surface area contributed by atoms with Crippen LogP contribution in [0.3, 0.4) is 0 Å². The number of benzene rings is 2. The summed E-state index contributed by atoms with van der Waals surface area (Å²) in [6, 6.07) is 15.8. The van der Waals surface area contributed by atoms with E-state index < -0.39 is 5.97 Å². The van der Waals surface area contributed by atoms with E-state index in [2.05, 4.69) is 5.10 Å². The molecule has 1 N–H and O–H groups in total. The molecule has 0 saturated carbocycles. The average molecular weight is 382 g/mol. The molecular formula is C20H16ClN3O3. The summed E-state index contributed by atoms with van der Waals surface area (Å²) in [6.07, 6.45) is 0.377. The van der Waals surface area contributed by atoms with Crippen molar-refractivity contribution < 1.29 is 14.7 Å². The Kier molecular flexibility index (Phi) is 4.41. The second-order valence-corrected chi connectivity index (χ2v) is 6.79. The van der Waals surface area contributed by atoms with Crippen LogP contribution in [0.5, 0.6) is 0 Å². The lowest BCUT2D eigenvalue weighted by atomic mass is 10.1. The lowest BCUT2D eigenvalue weighted by Crippen LogP contribution is -2.36. The van der Waals surface area contributed by atoms with Crippen LogP contribution >= 0.6 is 11.6 Å². The molecule has 0 unspecified atom stereocenters. The number of nitrogens with zero attached hydrogens (tertiary/aromatic N) is 3. The quantitative estimate of drug-likeness (QED) is 0.745. The fourth-order valence-corrected chi connectivity index (χ4v) is 3.25. The molecule has 4 rings (SSSR count). The molecule has 3 aromatic rings. The number of carbonyl (C=O) groups is 2. The monoisotopic (exact) mass is 381 g/mol. The van der Waals surface area contributed by atoms with E-state index in [9.17, 15) is 9.59 Å². The van der Waals surface area contributed by atoms with E-state index in [-0.39, 0.29) is 11.5 Å². The van der Waals surface area contributed by atoms with Gasteiger partial charge in [-0.05, 0) is 29.8 Å². The van der Waals surface area contributed by atoms with Crippen molar-refractivity contribution >= 4 is 29.3 Å². The molecule has 1 aliphatic heterocycles. The Bertz CT molecular complexity index is 1010. The van der Waals surface area contributed by atoms with Crippen molar-refractivity contribution in [3.63, 3.8) is 0 Å². The summed E-state index contributed by atoms with van der Waals surface area (Å²) in [5, 5.41) is 14.3. The summed E-state index contributed by atoms with van der Waals surface area (Å²) in [5.74, 6) is -0.216. The highest BCUT2D eigenvalue weighted by Crippen LogP contribution is 2.29. The summed E-state index contributed by atoms with van der Waals surface area (Å²) in [4.78, 5) is 25.2. The van der Waals surface area contributed by atoms with Gasteiger partial charge >= 0.3 is 5.97 Å². The normalized spacial score (nSPS) is 13.5. The van der Waals surface area contributed by atoms with Crippen molar-refractivity contribution in [3.8, 4) is 11.3 Å². The van der Waals surface area contributed by atoms with Gasteiger partial charge in [-0.25, -0.2) is 9.48 Å². The van der Waals surface area contributed by atoms with Crippen LogP contribution in [0.2, 0.25) is 5.02 Å². The number of aryl methyl sites for hydroxylation is 1. The summed E-state index contributed by atoms with van der Waals surface area (Å²) in [7, 11) is 0. The topological polar surface area (TPSA) is 75.4 Å². The van der Waals surface area contributed by atoms with Crippen LogP contribution < -0.4 is 4.90 Å². The van der Waals surface area contributed by atoms with E-state index in [1.165, 1.54) is 0 Å². The Hall–Kier alpha value is -3.12. The van der Waals surface area contributed by atoms with Gasteiger partial charge in [-0.2, -0.15) is 5.10 Å². The molecule has 0 spiro atoms. The maximum absolute atomic E-state index is 12.5. The van der Waals surface area contributed by atoms with Gasteiger partial charge in [0, 0.05) is 23.1 Å². The predicted octanol–water partition coefficient (Wildman–Crippen LogP) is 3.84. The third kappa shape index (κ3) is 3.44. The van der Waals surface area contributed by atoms with Gasteiger partial charge in [-0.1, -0.05) is 35.9 Å². The summed E-state index contributed by atoms with van der Waals surface area (Å²) in [6.45, 7) is 0.903. The lowest BCUT2D eigenvalue weighted by Gasteiger charge is -2.27. The van der Waals surface area contributed by atoms with Crippen LogP contribution in [0.1, 0.15) is 22.3 Å². The van der Waals surface area contributed by atoms with Gasteiger partial charge in [0.1, 0.15) is 5.82 Å². The van der Waals surface area contributed by atoms with Gasteiger partial charge in [0.2, 0.25) is 5.91 Å². The van der Waals surface area contributed by atoms with E-state index in [4.69, 9.17) is 16.7 Å². The number of aromatic nitrogens is 2. The molecule has 0 aliphatic carbocycles. The number of aromatic carboxylic acids is 1. The van der Waals surface area contributed by atoms with Gasteiger partial charge in [0.25, 0.3) is 0 Å². The molecule has 0 atom stereocenters. The van der Waals surface area contributed by atoms with Crippen molar-refractivity contribution in [3.05, 3.63) is 70.7 Å². The van der Waals surface area contributed by atoms with Crippen LogP contribution in [-0.2, 0) is 17.9 Å². The van der Waals surface area contributed by atoms with Crippen LogP contribution in [0.25, 0.3) is 11.3 Å². The third-order valence-electron chi connectivity index (χ3n) is 4.56. The van der Waals surface area contributed by atoms with Crippen molar-refractivity contribution in [2.45, 2.75) is 19.5 Å². The van der Waals surface area contributed by atoms with E-state index in [1.54, 1.807) is 29.2 Å². The van der Waals surface area contributed by atoms with Gasteiger partial charge in [0.15, 0.2) is 0 Å². The maximum Gasteiger partial charge on any atom is 0.335 e. The molecule has 1 aromatic heterocycles. The third-order valence-corrected chi connectivity index (χ3v) is 4.81. The van der Waals surface area contributed by atoms with Crippen LogP contribution in [0, 0.1) is 0 Å². The van der Waals surface area contributed by atoms with E-state index >= 15 is 0 Å². The molecule has 2 aromatic carbocycles. The minimum absolute atomic E-state index is 0.0207. The zero-order valence-corrected chi connectivity index (χ0v) is 15.1. The number of hydrogen-bond donors (Lipinski definition) is 1. The molecule has 7 heteroatoms. The van der Waals surface area contributed by atoms with Crippen molar-refractivity contribution in [2.75, 3.05) is 4.90 Å². The summed E-state index contributed by atoms with van der Waals surface area (Å²) < 4.78 is 1.83. The largest absolute Gasteiger partial charge is 0.478 e. The zero-order valence-electron chi connectivity index (χ0n) is 14.3. The standard InChI is InChI=1S/C20H16ClN3O3/c21-16-7-5-14(6-8-16)17-11-18-23(19(25)9-10-24(18)22-17)12-13-1-3-15(4-2-13)20(26)27/h1-8,11H,9-10,12H2,(H,26,27). The molecule has 27 heavy (non-hydrogen) atoms. The number of carboxylic acid groups (broad SMARTS) is 1. The number of halogens is 1. The van der Waals surface area contributed by atoms with E-state index in [0.29, 0.717) is 24.5 Å². The molecule has 2 heterocycles. The Morgan fingerprint density at radius 3 is 2.48 bits per heavy atom. The lowest BCUT2D eigenvalue weighted by molar-refractivity contribution is -0.119. The first-order valence-electron chi connectivity index (χ1n) is 8.47. The molecule has 0 saturated heterocycles. The van der Waals surface area contributed by atoms with Crippen molar-refractivity contribution in [2.24, 2.45) is 0 Å². The number of anilines is 1.